The van der Waals surface area contributed by atoms with Gasteiger partial charge in [0.25, 0.3) is 0 Å². The maximum absolute atomic E-state index is 11.5. The molecule has 126 valence electrons. The number of aromatic amines is 1. The van der Waals surface area contributed by atoms with Gasteiger partial charge in [0.2, 0.25) is 0 Å². The number of hydrogen-bond donors (Lipinski definition) is 1. The van der Waals surface area contributed by atoms with Gasteiger partial charge in [-0.2, -0.15) is 0 Å². The van der Waals surface area contributed by atoms with Gasteiger partial charge in [0, 0.05) is 40.8 Å². The number of anilines is 1. The molecule has 0 amide bonds. The zero-order valence-corrected chi connectivity index (χ0v) is 14.4. The van der Waals surface area contributed by atoms with Gasteiger partial charge in [-0.05, 0) is 25.1 Å². The average Bonchev–Trinajstić information content (AvgIpc) is 3.21. The molecule has 0 spiro atoms. The van der Waals surface area contributed by atoms with Crippen molar-refractivity contribution in [2.45, 2.75) is 6.92 Å². The molecule has 2 aromatic heterocycles. The van der Waals surface area contributed by atoms with Gasteiger partial charge in [-0.15, -0.1) is 0 Å². The minimum absolute atomic E-state index is 0.278. The predicted octanol–water partition coefficient (Wildman–Crippen LogP) is 4.15. The molecule has 1 aliphatic heterocycles. The maximum atomic E-state index is 11.5. The average molecular weight is 354 g/mol. The molecule has 0 saturated heterocycles. The Bertz CT molecular complexity index is 976. The van der Waals surface area contributed by atoms with Crippen LogP contribution in [0.25, 0.3) is 22.0 Å². The topological polar surface area (TPSA) is 58.2 Å². The Kier molecular flexibility index (Phi) is 3.93. The molecule has 5 nitrogen and oxygen atoms in total. The highest BCUT2D eigenvalue weighted by molar-refractivity contribution is 6.29. The van der Waals surface area contributed by atoms with E-state index in [0.29, 0.717) is 11.7 Å². The number of hydrogen-bond acceptors (Lipinski definition) is 4. The van der Waals surface area contributed by atoms with Crippen LogP contribution in [0.3, 0.4) is 0 Å². The van der Waals surface area contributed by atoms with Crippen LogP contribution < -0.4 is 4.90 Å². The highest BCUT2D eigenvalue weighted by Gasteiger charge is 2.24. The van der Waals surface area contributed by atoms with Crippen LogP contribution >= 0.6 is 11.6 Å². The molecular weight excluding hydrogens is 338 g/mol. The number of nitrogens with one attached hydrogen (secondary N) is 1. The quantitative estimate of drug-likeness (QED) is 0.565. The lowest BCUT2D eigenvalue weighted by Gasteiger charge is -2.23. The smallest absolute Gasteiger partial charge is 0.333 e. The second kappa shape index (κ2) is 6.26. The number of benzene rings is 1. The number of H-pyrrole nitrogens is 1. The Morgan fingerprint density at radius 1 is 1.28 bits per heavy atom. The highest BCUT2D eigenvalue weighted by Crippen LogP contribution is 2.39. The van der Waals surface area contributed by atoms with Crippen LogP contribution in [0.4, 0.5) is 5.82 Å². The number of fused-ring (bicyclic) bond motifs is 1. The van der Waals surface area contributed by atoms with Crippen LogP contribution in [0.15, 0.2) is 54.4 Å². The van der Waals surface area contributed by atoms with E-state index in [1.54, 1.807) is 18.3 Å². The summed E-state index contributed by atoms with van der Waals surface area (Å²) in [6.07, 6.45) is 3.30. The van der Waals surface area contributed by atoms with Gasteiger partial charge in [-0.3, -0.25) is 0 Å². The van der Waals surface area contributed by atoms with E-state index in [1.807, 2.05) is 31.2 Å². The molecule has 0 bridgehead atoms. The van der Waals surface area contributed by atoms with Gasteiger partial charge in [0.05, 0.1) is 5.70 Å². The van der Waals surface area contributed by atoms with Crippen LogP contribution in [0.5, 0.6) is 0 Å². The molecule has 1 N–H and O–H groups in total. The van der Waals surface area contributed by atoms with Gasteiger partial charge in [-0.25, -0.2) is 9.78 Å². The third kappa shape index (κ3) is 2.76. The molecule has 1 aromatic carbocycles. The lowest BCUT2D eigenvalue weighted by atomic mass is 10.1. The number of pyridine rings is 1. The Labute approximate surface area is 149 Å². The Morgan fingerprint density at radius 2 is 2.12 bits per heavy atom. The first kappa shape index (κ1) is 15.7. The van der Waals surface area contributed by atoms with Crippen molar-refractivity contribution in [3.8, 4) is 11.1 Å². The van der Waals surface area contributed by atoms with E-state index in [9.17, 15) is 4.79 Å². The summed E-state index contributed by atoms with van der Waals surface area (Å²) in [7, 11) is 0. The summed E-state index contributed by atoms with van der Waals surface area (Å²) in [5.41, 5.74) is 3.84. The van der Waals surface area contributed by atoms with E-state index in [1.165, 1.54) is 0 Å². The Morgan fingerprint density at radius 3 is 2.80 bits per heavy atom. The molecule has 0 atom stereocenters. The summed E-state index contributed by atoms with van der Waals surface area (Å²) in [4.78, 5) is 21.3. The highest BCUT2D eigenvalue weighted by atomic mass is 35.5. The molecule has 25 heavy (non-hydrogen) atoms. The number of ether oxygens (including phenoxy) is 1. The monoisotopic (exact) mass is 353 g/mol. The zero-order valence-electron chi connectivity index (χ0n) is 13.6. The van der Waals surface area contributed by atoms with Gasteiger partial charge in [0.15, 0.2) is 0 Å². The van der Waals surface area contributed by atoms with E-state index in [-0.39, 0.29) is 12.6 Å². The predicted molar refractivity (Wildman–Crippen MR) is 98.6 cm³/mol. The van der Waals surface area contributed by atoms with Crippen molar-refractivity contribution in [2.24, 2.45) is 0 Å². The van der Waals surface area contributed by atoms with E-state index in [2.05, 4.69) is 20.9 Å². The molecule has 4 rings (SSSR count). The molecule has 3 aromatic rings. The lowest BCUT2D eigenvalue weighted by molar-refractivity contribution is -0.134. The van der Waals surface area contributed by atoms with Crippen molar-refractivity contribution in [2.75, 3.05) is 18.1 Å². The van der Waals surface area contributed by atoms with Crippen LogP contribution in [0.2, 0.25) is 5.15 Å². The van der Waals surface area contributed by atoms with Crippen molar-refractivity contribution < 1.29 is 9.53 Å². The summed E-state index contributed by atoms with van der Waals surface area (Å²) in [5, 5.41) is 1.54. The minimum Gasteiger partial charge on any atom is -0.456 e. The van der Waals surface area contributed by atoms with Crippen LogP contribution in [-0.2, 0) is 9.53 Å². The molecule has 0 aliphatic carbocycles. The molecule has 6 heteroatoms. The number of para-hydroxylation sites is 1. The third-order valence-electron chi connectivity index (χ3n) is 4.28. The molecule has 0 unspecified atom stereocenters. The van der Waals surface area contributed by atoms with Crippen molar-refractivity contribution in [1.82, 2.24) is 9.97 Å². The second-order valence-electron chi connectivity index (χ2n) is 5.75. The van der Waals surface area contributed by atoms with Crippen molar-refractivity contribution in [3.05, 3.63) is 59.5 Å². The number of halogens is 1. The summed E-state index contributed by atoms with van der Waals surface area (Å²) in [5.74, 6) is 0.608. The number of aromatic nitrogens is 2. The largest absolute Gasteiger partial charge is 0.456 e. The van der Waals surface area contributed by atoms with Gasteiger partial charge in [0.1, 0.15) is 17.6 Å². The summed E-state index contributed by atoms with van der Waals surface area (Å²) in [6, 6.07) is 11.8. The molecule has 1 aliphatic rings. The van der Waals surface area contributed by atoms with E-state index < -0.39 is 0 Å². The number of likely N-dealkylation sites (N-methyl/N-ethyl adjacent to an activating group) is 1. The van der Waals surface area contributed by atoms with E-state index >= 15 is 0 Å². The first-order chi connectivity index (χ1) is 12.2. The summed E-state index contributed by atoms with van der Waals surface area (Å²) >= 11 is 5.95. The first-order valence-electron chi connectivity index (χ1n) is 8.05. The van der Waals surface area contributed by atoms with Crippen LogP contribution in [0, 0.1) is 0 Å². The molecule has 0 radical (unpaired) electrons. The number of nitrogens with zero attached hydrogens (tertiary/aromatic N) is 2. The number of cyclic esters (lactones) is 1. The first-order valence-corrected chi connectivity index (χ1v) is 8.42. The number of rotatable bonds is 4. The fraction of sp³-hybridized carbons (Fsp3) is 0.158. The molecule has 0 fully saturated rings. The van der Waals surface area contributed by atoms with Gasteiger partial charge in [-0.1, -0.05) is 29.8 Å². The minimum atomic E-state index is -0.306. The standard InChI is InChI=1S/C19H16ClN3O2/c1-2-23(13-9-17(24)25-11-13)19-18(12-7-8-16(20)21-10-12)14-5-3-4-6-15(14)22-19/h3-10,22H,2,11H2,1H3. The molecule has 3 heterocycles. The summed E-state index contributed by atoms with van der Waals surface area (Å²) in [6.45, 7) is 3.02. The van der Waals surface area contributed by atoms with Crippen molar-refractivity contribution in [1.29, 1.82) is 0 Å². The van der Waals surface area contributed by atoms with Crippen LogP contribution in [0.1, 0.15) is 6.92 Å². The lowest BCUT2D eigenvalue weighted by Crippen LogP contribution is -2.23. The van der Waals surface area contributed by atoms with Gasteiger partial charge < -0.3 is 14.6 Å². The summed E-state index contributed by atoms with van der Waals surface area (Å²) < 4.78 is 5.09. The molecule has 0 saturated carbocycles. The fourth-order valence-corrected chi connectivity index (χ4v) is 3.28. The number of esters is 1. The molecular formula is C19H16ClN3O2. The number of carbonyl (C=O) groups is 1. The normalized spacial score (nSPS) is 13.8. The van der Waals surface area contributed by atoms with Crippen molar-refractivity contribution >= 4 is 34.3 Å². The Balaban J connectivity index is 1.93. The Hall–Kier alpha value is -2.79. The number of carbonyl (C=O) groups excluding carboxylic acids is 1. The maximum Gasteiger partial charge on any atom is 0.333 e. The SMILES string of the molecule is CCN(C1=CC(=O)OC1)c1[nH]c2ccccc2c1-c1ccc(Cl)nc1. The van der Waals surface area contributed by atoms with E-state index in [0.717, 1.165) is 33.5 Å². The van der Waals surface area contributed by atoms with Crippen molar-refractivity contribution in [3.63, 3.8) is 0 Å². The fourth-order valence-electron chi connectivity index (χ4n) is 3.17. The van der Waals surface area contributed by atoms with Gasteiger partial charge >= 0.3 is 5.97 Å². The van der Waals surface area contributed by atoms with E-state index in [4.69, 9.17) is 16.3 Å². The zero-order chi connectivity index (χ0) is 17.4. The third-order valence-corrected chi connectivity index (χ3v) is 4.51. The van der Waals surface area contributed by atoms with Crippen LogP contribution in [-0.4, -0.2) is 29.1 Å². The second-order valence-corrected chi connectivity index (χ2v) is 6.14.